The third-order valence-corrected chi connectivity index (χ3v) is 4.30. The molecule has 2 aliphatic rings. The van der Waals surface area contributed by atoms with E-state index in [1.807, 2.05) is 6.08 Å². The number of carbonyl (C=O) groups excluding carboxylic acids is 2. The van der Waals surface area contributed by atoms with Gasteiger partial charge in [-0.2, -0.15) is 0 Å². The first-order valence-electron chi connectivity index (χ1n) is 7.35. The number of hydrogen-bond donors (Lipinski definition) is 0. The molecule has 0 bridgehead atoms. The number of esters is 2. The molecule has 0 aromatic heterocycles. The Hall–Kier alpha value is -1.84. The molecular weight excluding hydrogens is 268 g/mol. The van der Waals surface area contributed by atoms with Crippen molar-refractivity contribution in [2.75, 3.05) is 0 Å². The zero-order valence-electron chi connectivity index (χ0n) is 13.1. The Labute approximate surface area is 125 Å². The fourth-order valence-corrected chi connectivity index (χ4v) is 3.22. The van der Waals surface area contributed by atoms with Crippen LogP contribution >= 0.6 is 0 Å². The molecule has 114 valence electrons. The second kappa shape index (κ2) is 5.88. The first kappa shape index (κ1) is 15.5. The predicted molar refractivity (Wildman–Crippen MR) is 79.2 cm³/mol. The van der Waals surface area contributed by atoms with Gasteiger partial charge in [-0.15, -0.1) is 0 Å². The van der Waals surface area contributed by atoms with E-state index in [4.69, 9.17) is 9.47 Å². The smallest absolute Gasteiger partial charge is 0.308 e. The zero-order valence-corrected chi connectivity index (χ0v) is 13.1. The van der Waals surface area contributed by atoms with Crippen molar-refractivity contribution in [1.29, 1.82) is 0 Å². The topological polar surface area (TPSA) is 52.6 Å². The Morgan fingerprint density at radius 2 is 2.05 bits per heavy atom. The van der Waals surface area contributed by atoms with E-state index in [0.29, 0.717) is 5.76 Å². The molecular formula is C17H22O4. The summed E-state index contributed by atoms with van der Waals surface area (Å²) in [6, 6.07) is 0. The van der Waals surface area contributed by atoms with Crippen LogP contribution in [0.5, 0.6) is 0 Å². The van der Waals surface area contributed by atoms with E-state index >= 15 is 0 Å². The lowest BCUT2D eigenvalue weighted by atomic mass is 9.64. The normalized spacial score (nSPS) is 27.8. The van der Waals surface area contributed by atoms with Crippen LogP contribution in [0.25, 0.3) is 0 Å². The minimum Gasteiger partial charge on any atom is -0.457 e. The van der Waals surface area contributed by atoms with Crippen LogP contribution in [0.15, 0.2) is 35.1 Å². The van der Waals surface area contributed by atoms with Crippen molar-refractivity contribution in [1.82, 2.24) is 0 Å². The standard InChI is InChI=1S/C17H22O4/c1-5-17-9-8-11(2)10-14(17)15(20-12(3)18)6-7-16(17)21-13(4)19/h6-7,10,16H,5,8-9H2,1-4H3. The van der Waals surface area contributed by atoms with E-state index in [1.165, 1.54) is 19.4 Å². The Balaban J connectivity index is 2.51. The van der Waals surface area contributed by atoms with Crippen molar-refractivity contribution in [2.45, 2.75) is 53.1 Å². The van der Waals surface area contributed by atoms with Gasteiger partial charge in [0, 0.05) is 24.8 Å². The fraction of sp³-hybridized carbons (Fsp3) is 0.529. The summed E-state index contributed by atoms with van der Waals surface area (Å²) >= 11 is 0. The molecule has 4 heteroatoms. The van der Waals surface area contributed by atoms with Crippen molar-refractivity contribution in [2.24, 2.45) is 5.41 Å². The lowest BCUT2D eigenvalue weighted by molar-refractivity contribution is -0.150. The van der Waals surface area contributed by atoms with Crippen LogP contribution in [0.2, 0.25) is 0 Å². The molecule has 2 rings (SSSR count). The number of carbonyl (C=O) groups is 2. The van der Waals surface area contributed by atoms with Gasteiger partial charge in [-0.25, -0.2) is 0 Å². The number of fused-ring (bicyclic) bond motifs is 1. The molecule has 0 amide bonds. The summed E-state index contributed by atoms with van der Waals surface area (Å²) in [4.78, 5) is 22.7. The average molecular weight is 290 g/mol. The molecule has 21 heavy (non-hydrogen) atoms. The van der Waals surface area contributed by atoms with Crippen LogP contribution in [-0.2, 0) is 19.1 Å². The molecule has 0 spiro atoms. The monoisotopic (exact) mass is 290 g/mol. The van der Waals surface area contributed by atoms with Gasteiger partial charge in [0.25, 0.3) is 0 Å². The van der Waals surface area contributed by atoms with Crippen LogP contribution in [-0.4, -0.2) is 18.0 Å². The van der Waals surface area contributed by atoms with Gasteiger partial charge in [0.05, 0.1) is 0 Å². The molecule has 2 aliphatic carbocycles. The van der Waals surface area contributed by atoms with Gasteiger partial charge in [-0.3, -0.25) is 9.59 Å². The van der Waals surface area contributed by atoms with Crippen molar-refractivity contribution < 1.29 is 19.1 Å². The van der Waals surface area contributed by atoms with Crippen LogP contribution in [0, 0.1) is 5.41 Å². The summed E-state index contributed by atoms with van der Waals surface area (Å²) < 4.78 is 10.9. The van der Waals surface area contributed by atoms with Crippen molar-refractivity contribution in [3.8, 4) is 0 Å². The maximum Gasteiger partial charge on any atom is 0.308 e. The Morgan fingerprint density at radius 1 is 1.33 bits per heavy atom. The van der Waals surface area contributed by atoms with Gasteiger partial charge in [0.15, 0.2) is 0 Å². The van der Waals surface area contributed by atoms with Crippen LogP contribution in [0.3, 0.4) is 0 Å². The van der Waals surface area contributed by atoms with Crippen molar-refractivity contribution >= 4 is 11.9 Å². The van der Waals surface area contributed by atoms with Gasteiger partial charge in [0.1, 0.15) is 11.9 Å². The summed E-state index contributed by atoms with van der Waals surface area (Å²) in [6.07, 6.45) is 8.00. The second-order valence-electron chi connectivity index (χ2n) is 5.76. The summed E-state index contributed by atoms with van der Waals surface area (Å²) in [5.41, 5.74) is 1.92. The third-order valence-electron chi connectivity index (χ3n) is 4.30. The summed E-state index contributed by atoms with van der Waals surface area (Å²) in [7, 11) is 0. The van der Waals surface area contributed by atoms with E-state index in [9.17, 15) is 9.59 Å². The first-order valence-corrected chi connectivity index (χ1v) is 7.35. The Kier molecular flexibility index (Phi) is 4.35. The van der Waals surface area contributed by atoms with E-state index in [-0.39, 0.29) is 23.5 Å². The van der Waals surface area contributed by atoms with Gasteiger partial charge < -0.3 is 9.47 Å². The molecule has 0 aromatic carbocycles. The predicted octanol–water partition coefficient (Wildman–Crippen LogP) is 3.44. The van der Waals surface area contributed by atoms with Gasteiger partial charge in [-0.1, -0.05) is 18.6 Å². The van der Waals surface area contributed by atoms with E-state index in [1.54, 1.807) is 6.08 Å². The van der Waals surface area contributed by atoms with E-state index in [2.05, 4.69) is 19.9 Å². The largest absolute Gasteiger partial charge is 0.457 e. The highest BCUT2D eigenvalue weighted by Crippen LogP contribution is 2.50. The molecule has 0 fully saturated rings. The third kappa shape index (κ3) is 2.94. The van der Waals surface area contributed by atoms with Crippen LogP contribution < -0.4 is 0 Å². The molecule has 4 nitrogen and oxygen atoms in total. The number of hydrogen-bond acceptors (Lipinski definition) is 4. The Morgan fingerprint density at radius 3 is 2.62 bits per heavy atom. The number of allylic oxidation sites excluding steroid dienone is 3. The van der Waals surface area contributed by atoms with Gasteiger partial charge in [-0.05, 0) is 38.3 Å². The summed E-state index contributed by atoms with van der Waals surface area (Å²) in [5, 5.41) is 0. The summed E-state index contributed by atoms with van der Waals surface area (Å²) in [5.74, 6) is -0.0550. The van der Waals surface area contributed by atoms with E-state index < -0.39 is 0 Å². The van der Waals surface area contributed by atoms with Gasteiger partial charge >= 0.3 is 11.9 Å². The lowest BCUT2D eigenvalue weighted by Crippen LogP contribution is -2.42. The minimum absolute atomic E-state index is 0.293. The SMILES string of the molecule is CCC12CCC(C)=CC1=C(OC(C)=O)C=CC2OC(C)=O. The fourth-order valence-electron chi connectivity index (χ4n) is 3.22. The zero-order chi connectivity index (χ0) is 15.6. The Bertz CT molecular complexity index is 553. The highest BCUT2D eigenvalue weighted by atomic mass is 16.5. The molecule has 2 unspecified atom stereocenters. The molecule has 0 aromatic rings. The van der Waals surface area contributed by atoms with Crippen molar-refractivity contribution in [3.63, 3.8) is 0 Å². The van der Waals surface area contributed by atoms with E-state index in [0.717, 1.165) is 24.8 Å². The maximum absolute atomic E-state index is 11.4. The van der Waals surface area contributed by atoms with Crippen LogP contribution in [0.4, 0.5) is 0 Å². The molecule has 0 N–H and O–H groups in total. The molecule has 0 radical (unpaired) electrons. The molecule has 0 aliphatic heterocycles. The molecule has 0 heterocycles. The molecule has 2 atom stereocenters. The number of rotatable bonds is 3. The molecule has 0 saturated heterocycles. The second-order valence-corrected chi connectivity index (χ2v) is 5.76. The van der Waals surface area contributed by atoms with Crippen LogP contribution in [0.1, 0.15) is 47.0 Å². The van der Waals surface area contributed by atoms with Gasteiger partial charge in [0.2, 0.25) is 0 Å². The average Bonchev–Trinajstić information content (AvgIpc) is 2.41. The summed E-state index contributed by atoms with van der Waals surface area (Å²) in [6.45, 7) is 6.96. The maximum atomic E-state index is 11.4. The molecule has 0 saturated carbocycles. The highest BCUT2D eigenvalue weighted by Gasteiger charge is 2.46. The minimum atomic E-state index is -0.338. The first-order chi connectivity index (χ1) is 9.89. The van der Waals surface area contributed by atoms with Crippen molar-refractivity contribution in [3.05, 3.63) is 35.1 Å². The number of ether oxygens (including phenoxy) is 2. The quantitative estimate of drug-likeness (QED) is 0.747. The lowest BCUT2D eigenvalue weighted by Gasteiger charge is -2.44. The highest BCUT2D eigenvalue weighted by molar-refractivity contribution is 5.69.